The predicted octanol–water partition coefficient (Wildman–Crippen LogP) is -0.846. The molecule has 2 heterocycles. The Morgan fingerprint density at radius 1 is 1.58 bits per heavy atom. The van der Waals surface area contributed by atoms with Crippen LogP contribution in [0.15, 0.2) is 0 Å². The Balaban J connectivity index is 2.38. The van der Waals surface area contributed by atoms with Crippen molar-refractivity contribution in [3.8, 4) is 0 Å². The van der Waals surface area contributed by atoms with Crippen molar-refractivity contribution in [2.24, 2.45) is 5.73 Å². The molecule has 2 rings (SSSR count). The van der Waals surface area contributed by atoms with Crippen LogP contribution >= 0.6 is 0 Å². The molecule has 0 saturated heterocycles. The molecular weight excluding hydrogens is 156 g/mol. The highest BCUT2D eigenvalue weighted by Gasteiger charge is 2.15. The zero-order valence-corrected chi connectivity index (χ0v) is 6.55. The summed E-state index contributed by atoms with van der Waals surface area (Å²) in [6.45, 7) is 1.65. The summed E-state index contributed by atoms with van der Waals surface area (Å²) in [5.74, 6) is -0.229. The fourth-order valence-electron chi connectivity index (χ4n) is 1.34. The number of carbonyl (C=O) groups is 1. The van der Waals surface area contributed by atoms with Gasteiger partial charge in [-0.15, -0.1) is 0 Å². The monoisotopic (exact) mass is 166 g/mol. The second-order valence-electron chi connectivity index (χ2n) is 2.80. The van der Waals surface area contributed by atoms with Crippen LogP contribution in [0.25, 0.3) is 0 Å². The molecule has 1 aliphatic rings. The van der Waals surface area contributed by atoms with Gasteiger partial charge in [-0.2, -0.15) is 0 Å². The third kappa shape index (κ3) is 1.08. The van der Waals surface area contributed by atoms with Gasteiger partial charge in [-0.3, -0.25) is 4.79 Å². The minimum atomic E-state index is -0.496. The number of primary amides is 1. The lowest BCUT2D eigenvalue weighted by Crippen LogP contribution is -2.23. The van der Waals surface area contributed by atoms with Crippen LogP contribution in [0, 0.1) is 0 Å². The number of hydrogen-bond donors (Lipinski definition) is 3. The van der Waals surface area contributed by atoms with Crippen LogP contribution in [0.2, 0.25) is 0 Å². The summed E-state index contributed by atoms with van der Waals surface area (Å²) in [6, 6.07) is 0. The first-order chi connectivity index (χ1) is 5.77. The van der Waals surface area contributed by atoms with Gasteiger partial charge < -0.3 is 16.0 Å². The summed E-state index contributed by atoms with van der Waals surface area (Å²) in [5, 5.41) is 3.16. The number of aromatic amines is 1. The molecule has 0 atom stereocenters. The van der Waals surface area contributed by atoms with Gasteiger partial charge in [0.15, 0.2) is 5.82 Å². The molecule has 12 heavy (non-hydrogen) atoms. The number of rotatable bonds is 1. The van der Waals surface area contributed by atoms with E-state index >= 15 is 0 Å². The van der Waals surface area contributed by atoms with Crippen molar-refractivity contribution in [3.05, 3.63) is 17.2 Å². The number of hydrogen-bond acceptors (Lipinski definition) is 3. The van der Waals surface area contributed by atoms with E-state index in [9.17, 15) is 4.79 Å². The van der Waals surface area contributed by atoms with Crippen LogP contribution in [-0.2, 0) is 13.0 Å². The smallest absolute Gasteiger partial charge is 0.284 e. The van der Waals surface area contributed by atoms with E-state index in [1.54, 1.807) is 0 Å². The SMILES string of the molecule is NC(=O)c1nc2c([nH]1)CCNC2. The average molecular weight is 166 g/mol. The quantitative estimate of drug-likeness (QED) is 0.508. The molecule has 0 aromatic carbocycles. The molecule has 1 aromatic rings. The number of fused-ring (bicyclic) bond motifs is 1. The fourth-order valence-corrected chi connectivity index (χ4v) is 1.34. The minimum Gasteiger partial charge on any atom is -0.363 e. The number of nitrogens with one attached hydrogen (secondary N) is 2. The van der Waals surface area contributed by atoms with Gasteiger partial charge in [0.05, 0.1) is 5.69 Å². The van der Waals surface area contributed by atoms with Crippen molar-refractivity contribution in [3.63, 3.8) is 0 Å². The number of amides is 1. The summed E-state index contributed by atoms with van der Waals surface area (Å²) in [5.41, 5.74) is 7.01. The molecule has 0 bridgehead atoms. The molecule has 0 spiro atoms. The van der Waals surface area contributed by atoms with Crippen molar-refractivity contribution in [1.82, 2.24) is 15.3 Å². The first-order valence-electron chi connectivity index (χ1n) is 3.85. The van der Waals surface area contributed by atoms with E-state index in [1.807, 2.05) is 0 Å². The zero-order chi connectivity index (χ0) is 8.55. The third-order valence-corrected chi connectivity index (χ3v) is 1.94. The molecule has 4 N–H and O–H groups in total. The molecule has 0 unspecified atom stereocenters. The Kier molecular flexibility index (Phi) is 1.58. The largest absolute Gasteiger partial charge is 0.363 e. The highest BCUT2D eigenvalue weighted by atomic mass is 16.1. The lowest BCUT2D eigenvalue weighted by atomic mass is 10.2. The molecule has 0 fully saturated rings. The lowest BCUT2D eigenvalue weighted by Gasteiger charge is -2.09. The van der Waals surface area contributed by atoms with Crippen molar-refractivity contribution in [2.45, 2.75) is 13.0 Å². The summed E-state index contributed by atoms with van der Waals surface area (Å²) in [7, 11) is 0. The predicted molar refractivity (Wildman–Crippen MR) is 42.5 cm³/mol. The molecule has 1 aromatic heterocycles. The fraction of sp³-hybridized carbons (Fsp3) is 0.429. The minimum absolute atomic E-state index is 0.267. The van der Waals surface area contributed by atoms with Crippen molar-refractivity contribution in [2.75, 3.05) is 6.54 Å². The highest BCUT2D eigenvalue weighted by Crippen LogP contribution is 2.09. The molecule has 0 saturated carbocycles. The topological polar surface area (TPSA) is 83.8 Å². The molecule has 64 valence electrons. The van der Waals surface area contributed by atoms with Crippen LogP contribution in [0.4, 0.5) is 0 Å². The van der Waals surface area contributed by atoms with Crippen LogP contribution in [-0.4, -0.2) is 22.4 Å². The maximum absolute atomic E-state index is 10.7. The van der Waals surface area contributed by atoms with Crippen LogP contribution in [0.1, 0.15) is 22.0 Å². The van der Waals surface area contributed by atoms with Crippen molar-refractivity contribution >= 4 is 5.91 Å². The molecule has 1 amide bonds. The van der Waals surface area contributed by atoms with Crippen LogP contribution < -0.4 is 11.1 Å². The van der Waals surface area contributed by atoms with Gasteiger partial charge in [0.1, 0.15) is 0 Å². The second-order valence-corrected chi connectivity index (χ2v) is 2.80. The number of nitrogens with two attached hydrogens (primary N) is 1. The number of H-pyrrole nitrogens is 1. The summed E-state index contributed by atoms with van der Waals surface area (Å²) < 4.78 is 0. The van der Waals surface area contributed by atoms with Gasteiger partial charge in [0.25, 0.3) is 5.91 Å². The van der Waals surface area contributed by atoms with Crippen LogP contribution in [0.5, 0.6) is 0 Å². The summed E-state index contributed by atoms with van der Waals surface area (Å²) >= 11 is 0. The van der Waals surface area contributed by atoms with E-state index in [4.69, 9.17) is 5.73 Å². The Morgan fingerprint density at radius 3 is 3.08 bits per heavy atom. The standard InChI is InChI=1S/C7H10N4O/c8-6(12)7-10-4-1-2-9-3-5(4)11-7/h9H,1-3H2,(H2,8,12)(H,10,11). The molecule has 5 heteroatoms. The normalized spacial score (nSPS) is 15.7. The van der Waals surface area contributed by atoms with Gasteiger partial charge in [-0.1, -0.05) is 0 Å². The summed E-state index contributed by atoms with van der Waals surface area (Å²) in [4.78, 5) is 17.7. The molecule has 1 aliphatic heterocycles. The van der Waals surface area contributed by atoms with E-state index in [-0.39, 0.29) is 5.82 Å². The number of carbonyl (C=O) groups excluding carboxylic acids is 1. The molecule has 5 nitrogen and oxygen atoms in total. The number of imidazole rings is 1. The van der Waals surface area contributed by atoms with E-state index in [0.29, 0.717) is 0 Å². The Bertz CT molecular complexity index is 294. The molecule has 0 aliphatic carbocycles. The van der Waals surface area contributed by atoms with Gasteiger partial charge in [-0.05, 0) is 0 Å². The third-order valence-electron chi connectivity index (χ3n) is 1.94. The van der Waals surface area contributed by atoms with Gasteiger partial charge in [0, 0.05) is 25.2 Å². The van der Waals surface area contributed by atoms with Gasteiger partial charge in [0.2, 0.25) is 0 Å². The lowest BCUT2D eigenvalue weighted by molar-refractivity contribution is 0.0991. The number of aromatic nitrogens is 2. The first kappa shape index (κ1) is 7.30. The van der Waals surface area contributed by atoms with Crippen LogP contribution in [0.3, 0.4) is 0 Å². The van der Waals surface area contributed by atoms with Crippen molar-refractivity contribution < 1.29 is 4.79 Å². The average Bonchev–Trinajstić information content (AvgIpc) is 2.46. The van der Waals surface area contributed by atoms with E-state index < -0.39 is 5.91 Å². The van der Waals surface area contributed by atoms with E-state index in [2.05, 4.69) is 15.3 Å². The van der Waals surface area contributed by atoms with E-state index in [1.165, 1.54) is 0 Å². The van der Waals surface area contributed by atoms with Crippen molar-refractivity contribution in [1.29, 1.82) is 0 Å². The maximum atomic E-state index is 10.7. The zero-order valence-electron chi connectivity index (χ0n) is 6.55. The second kappa shape index (κ2) is 2.60. The highest BCUT2D eigenvalue weighted by molar-refractivity contribution is 5.89. The molecular formula is C7H10N4O. The van der Waals surface area contributed by atoms with Gasteiger partial charge >= 0.3 is 0 Å². The Labute approximate surface area is 69.4 Å². The Hall–Kier alpha value is -1.36. The van der Waals surface area contributed by atoms with E-state index in [0.717, 1.165) is 30.9 Å². The van der Waals surface area contributed by atoms with Gasteiger partial charge in [-0.25, -0.2) is 4.98 Å². The Morgan fingerprint density at radius 2 is 2.42 bits per heavy atom. The maximum Gasteiger partial charge on any atom is 0.284 e. The molecule has 0 radical (unpaired) electrons. The first-order valence-corrected chi connectivity index (χ1v) is 3.85. The summed E-state index contributed by atoms with van der Waals surface area (Å²) in [6.07, 6.45) is 0.885. The number of nitrogens with zero attached hydrogens (tertiary/aromatic N) is 1.